The largest absolute Gasteiger partial charge is 0.486 e. The highest BCUT2D eigenvalue weighted by atomic mass is 16.6. The molecule has 0 spiro atoms. The molecule has 92 valence electrons. The fourth-order valence-corrected chi connectivity index (χ4v) is 2.76. The van der Waals surface area contributed by atoms with Crippen molar-refractivity contribution < 1.29 is 9.47 Å². The number of nitrogens with two attached hydrogens (primary N) is 1. The van der Waals surface area contributed by atoms with Crippen LogP contribution in [-0.2, 0) is 0 Å². The zero-order chi connectivity index (χ0) is 11.8. The Kier molecular flexibility index (Phi) is 2.68. The molecule has 0 amide bonds. The molecule has 2 heterocycles. The van der Waals surface area contributed by atoms with Crippen LogP contribution in [0.5, 0.6) is 11.5 Å². The summed E-state index contributed by atoms with van der Waals surface area (Å²) in [6.45, 7) is 2.21. The molecule has 0 saturated carbocycles. The predicted octanol–water partition coefficient (Wildman–Crippen LogP) is 1.16. The highest BCUT2D eigenvalue weighted by Crippen LogP contribution is 2.41. The standard InChI is InChI=1S/C13H18N2O2/c1-15-8-9(14)7-11(15)10-3-2-4-12-13(10)17-6-5-16-12/h2-4,9,11H,5-8,14H2,1H3. The van der Waals surface area contributed by atoms with Crippen LogP contribution in [0.15, 0.2) is 18.2 Å². The van der Waals surface area contributed by atoms with Crippen LogP contribution in [0.4, 0.5) is 0 Å². The molecule has 4 heteroatoms. The first-order chi connectivity index (χ1) is 8.25. The van der Waals surface area contributed by atoms with Crippen molar-refractivity contribution in [1.29, 1.82) is 0 Å². The predicted molar refractivity (Wildman–Crippen MR) is 65.4 cm³/mol. The molecule has 3 rings (SSSR count). The molecular formula is C13H18N2O2. The minimum Gasteiger partial charge on any atom is -0.486 e. The van der Waals surface area contributed by atoms with E-state index in [4.69, 9.17) is 15.2 Å². The second-order valence-electron chi connectivity index (χ2n) is 4.82. The van der Waals surface area contributed by atoms with Crippen LogP contribution in [0.3, 0.4) is 0 Å². The van der Waals surface area contributed by atoms with Crippen LogP contribution in [-0.4, -0.2) is 37.7 Å². The van der Waals surface area contributed by atoms with Crippen molar-refractivity contribution in [3.8, 4) is 11.5 Å². The molecule has 0 aromatic heterocycles. The molecule has 2 aliphatic heterocycles. The number of rotatable bonds is 1. The number of likely N-dealkylation sites (N-methyl/N-ethyl adjacent to an activating group) is 1. The third-order valence-corrected chi connectivity index (χ3v) is 3.54. The summed E-state index contributed by atoms with van der Waals surface area (Å²) in [7, 11) is 2.11. The molecular weight excluding hydrogens is 216 g/mol. The van der Waals surface area contributed by atoms with E-state index >= 15 is 0 Å². The molecule has 0 radical (unpaired) electrons. The Bertz CT molecular complexity index is 422. The van der Waals surface area contributed by atoms with Crippen molar-refractivity contribution in [1.82, 2.24) is 4.90 Å². The van der Waals surface area contributed by atoms with E-state index in [1.807, 2.05) is 12.1 Å². The van der Waals surface area contributed by atoms with Crippen LogP contribution < -0.4 is 15.2 Å². The van der Waals surface area contributed by atoms with E-state index in [2.05, 4.69) is 18.0 Å². The van der Waals surface area contributed by atoms with Crippen molar-refractivity contribution in [2.45, 2.75) is 18.5 Å². The van der Waals surface area contributed by atoms with Gasteiger partial charge in [-0.05, 0) is 19.5 Å². The minimum atomic E-state index is 0.255. The molecule has 2 unspecified atom stereocenters. The number of fused-ring (bicyclic) bond motifs is 1. The van der Waals surface area contributed by atoms with Gasteiger partial charge < -0.3 is 15.2 Å². The molecule has 1 saturated heterocycles. The van der Waals surface area contributed by atoms with Crippen molar-refractivity contribution in [3.63, 3.8) is 0 Å². The zero-order valence-electron chi connectivity index (χ0n) is 10.1. The normalized spacial score (nSPS) is 28.4. The molecule has 2 aliphatic rings. The summed E-state index contributed by atoms with van der Waals surface area (Å²) in [5.74, 6) is 1.77. The number of hydrogen-bond donors (Lipinski definition) is 1. The lowest BCUT2D eigenvalue weighted by Crippen LogP contribution is -2.24. The van der Waals surface area contributed by atoms with Crippen LogP contribution in [0.2, 0.25) is 0 Å². The molecule has 0 bridgehead atoms. The molecule has 2 N–H and O–H groups in total. The fourth-order valence-electron chi connectivity index (χ4n) is 2.76. The first-order valence-electron chi connectivity index (χ1n) is 6.10. The molecule has 1 aromatic rings. The second kappa shape index (κ2) is 4.20. The average Bonchev–Trinajstić information content (AvgIpc) is 2.68. The van der Waals surface area contributed by atoms with Gasteiger partial charge in [0.25, 0.3) is 0 Å². The van der Waals surface area contributed by atoms with Gasteiger partial charge in [-0.2, -0.15) is 0 Å². The van der Waals surface area contributed by atoms with Gasteiger partial charge in [0.2, 0.25) is 0 Å². The number of likely N-dealkylation sites (tertiary alicyclic amines) is 1. The van der Waals surface area contributed by atoms with Crippen molar-refractivity contribution in [2.24, 2.45) is 5.73 Å². The first-order valence-corrected chi connectivity index (χ1v) is 6.10. The van der Waals surface area contributed by atoms with Gasteiger partial charge in [0.15, 0.2) is 11.5 Å². The summed E-state index contributed by atoms with van der Waals surface area (Å²) in [6, 6.07) is 6.71. The second-order valence-corrected chi connectivity index (χ2v) is 4.82. The van der Waals surface area contributed by atoms with E-state index in [9.17, 15) is 0 Å². The van der Waals surface area contributed by atoms with Crippen molar-refractivity contribution in [2.75, 3.05) is 26.8 Å². The molecule has 2 atom stereocenters. The fraction of sp³-hybridized carbons (Fsp3) is 0.538. The summed E-state index contributed by atoms with van der Waals surface area (Å²) < 4.78 is 11.4. The van der Waals surface area contributed by atoms with Gasteiger partial charge in [-0.1, -0.05) is 12.1 Å². The molecule has 4 nitrogen and oxygen atoms in total. The van der Waals surface area contributed by atoms with Crippen molar-refractivity contribution >= 4 is 0 Å². The van der Waals surface area contributed by atoms with Crippen LogP contribution in [0.1, 0.15) is 18.0 Å². The number of ether oxygens (including phenoxy) is 2. The summed E-state index contributed by atoms with van der Waals surface area (Å²) in [5.41, 5.74) is 7.22. The van der Waals surface area contributed by atoms with E-state index in [1.54, 1.807) is 0 Å². The lowest BCUT2D eigenvalue weighted by Gasteiger charge is -2.26. The molecule has 1 fully saturated rings. The number of nitrogens with zero attached hydrogens (tertiary/aromatic N) is 1. The Morgan fingerprint density at radius 2 is 2.12 bits per heavy atom. The first kappa shape index (κ1) is 10.9. The Labute approximate surface area is 101 Å². The number of para-hydroxylation sites is 1. The minimum absolute atomic E-state index is 0.255. The Morgan fingerprint density at radius 1 is 1.29 bits per heavy atom. The maximum Gasteiger partial charge on any atom is 0.166 e. The molecule has 0 aliphatic carbocycles. The topological polar surface area (TPSA) is 47.7 Å². The lowest BCUT2D eigenvalue weighted by molar-refractivity contribution is 0.166. The highest BCUT2D eigenvalue weighted by molar-refractivity contribution is 5.49. The molecule has 1 aromatic carbocycles. The number of hydrogen-bond acceptors (Lipinski definition) is 4. The maximum atomic E-state index is 6.02. The highest BCUT2D eigenvalue weighted by Gasteiger charge is 2.31. The van der Waals surface area contributed by atoms with E-state index in [1.165, 1.54) is 5.56 Å². The summed E-state index contributed by atoms with van der Waals surface area (Å²) in [5, 5.41) is 0. The Hall–Kier alpha value is -1.26. The smallest absolute Gasteiger partial charge is 0.166 e. The van der Waals surface area contributed by atoms with Crippen LogP contribution in [0, 0.1) is 0 Å². The summed E-state index contributed by atoms with van der Waals surface area (Å²) >= 11 is 0. The van der Waals surface area contributed by atoms with Gasteiger partial charge in [0.05, 0.1) is 0 Å². The summed E-state index contributed by atoms with van der Waals surface area (Å²) in [6.07, 6.45) is 0.982. The third kappa shape index (κ3) is 1.87. The van der Waals surface area contributed by atoms with E-state index in [0.29, 0.717) is 19.3 Å². The third-order valence-electron chi connectivity index (χ3n) is 3.54. The van der Waals surface area contributed by atoms with Gasteiger partial charge in [-0.15, -0.1) is 0 Å². The Morgan fingerprint density at radius 3 is 2.88 bits per heavy atom. The van der Waals surface area contributed by atoms with Gasteiger partial charge >= 0.3 is 0 Å². The molecule has 17 heavy (non-hydrogen) atoms. The maximum absolute atomic E-state index is 6.02. The van der Waals surface area contributed by atoms with E-state index in [-0.39, 0.29) is 6.04 Å². The SMILES string of the molecule is CN1CC(N)CC1c1cccc2c1OCCO2. The Balaban J connectivity index is 1.97. The average molecular weight is 234 g/mol. The van der Waals surface area contributed by atoms with Crippen LogP contribution in [0.25, 0.3) is 0 Å². The lowest BCUT2D eigenvalue weighted by atomic mass is 10.0. The van der Waals surface area contributed by atoms with E-state index in [0.717, 1.165) is 24.5 Å². The summed E-state index contributed by atoms with van der Waals surface area (Å²) in [4.78, 5) is 2.29. The van der Waals surface area contributed by atoms with Gasteiger partial charge in [-0.25, -0.2) is 0 Å². The monoisotopic (exact) mass is 234 g/mol. The van der Waals surface area contributed by atoms with Gasteiger partial charge in [-0.3, -0.25) is 4.90 Å². The zero-order valence-corrected chi connectivity index (χ0v) is 10.1. The van der Waals surface area contributed by atoms with Gasteiger partial charge in [0, 0.05) is 24.2 Å². The van der Waals surface area contributed by atoms with Gasteiger partial charge in [0.1, 0.15) is 13.2 Å². The van der Waals surface area contributed by atoms with Crippen LogP contribution >= 0.6 is 0 Å². The quantitative estimate of drug-likeness (QED) is 0.792. The van der Waals surface area contributed by atoms with E-state index < -0.39 is 0 Å². The van der Waals surface area contributed by atoms with Crippen molar-refractivity contribution in [3.05, 3.63) is 23.8 Å². The number of benzene rings is 1.